The third kappa shape index (κ3) is 4.14. The summed E-state index contributed by atoms with van der Waals surface area (Å²) in [5, 5.41) is 6.21. The Bertz CT molecular complexity index is 640. The van der Waals surface area contributed by atoms with Crippen molar-refractivity contribution in [3.05, 3.63) is 35.4 Å². The van der Waals surface area contributed by atoms with E-state index in [9.17, 15) is 9.59 Å². The van der Waals surface area contributed by atoms with Gasteiger partial charge in [-0.1, -0.05) is 24.3 Å². The predicted molar refractivity (Wildman–Crippen MR) is 95.7 cm³/mol. The molecule has 0 aromatic heterocycles. The Balaban J connectivity index is 1.32. The molecule has 1 saturated heterocycles. The molecule has 0 radical (unpaired) electrons. The monoisotopic (exact) mass is 341 g/mol. The van der Waals surface area contributed by atoms with E-state index < -0.39 is 0 Å². The molecule has 1 aliphatic heterocycles. The van der Waals surface area contributed by atoms with Gasteiger partial charge in [0.05, 0.1) is 0 Å². The molecule has 1 aromatic rings. The summed E-state index contributed by atoms with van der Waals surface area (Å²) < 4.78 is 0. The molecule has 1 aromatic carbocycles. The Kier molecular flexibility index (Phi) is 4.64. The van der Waals surface area contributed by atoms with Gasteiger partial charge < -0.3 is 15.5 Å². The number of amides is 3. The summed E-state index contributed by atoms with van der Waals surface area (Å²) in [4.78, 5) is 26.1. The first-order chi connectivity index (χ1) is 12.2. The van der Waals surface area contributed by atoms with Gasteiger partial charge >= 0.3 is 6.03 Å². The molecule has 3 fully saturated rings. The van der Waals surface area contributed by atoms with E-state index >= 15 is 0 Å². The lowest BCUT2D eigenvalue weighted by Gasteiger charge is -2.20. The molecule has 134 valence electrons. The number of carbonyl (C=O) groups excluding carboxylic acids is 2. The number of nitrogens with zero attached hydrogens (tertiary/aromatic N) is 1. The molecule has 0 spiro atoms. The summed E-state index contributed by atoms with van der Waals surface area (Å²) >= 11 is 0. The Morgan fingerprint density at radius 1 is 1.12 bits per heavy atom. The zero-order chi connectivity index (χ0) is 17.2. The number of rotatable bonds is 7. The molecule has 0 unspecified atom stereocenters. The second-order valence-electron chi connectivity index (χ2n) is 7.72. The number of benzene rings is 1. The van der Waals surface area contributed by atoms with Crippen LogP contribution in [0.1, 0.15) is 49.7 Å². The summed E-state index contributed by atoms with van der Waals surface area (Å²) in [5.41, 5.74) is 2.21. The number of hydrogen-bond donors (Lipinski definition) is 2. The van der Waals surface area contributed by atoms with E-state index in [4.69, 9.17) is 0 Å². The van der Waals surface area contributed by atoms with Gasteiger partial charge in [0.25, 0.3) is 0 Å². The van der Waals surface area contributed by atoms with Gasteiger partial charge in [-0.3, -0.25) is 4.79 Å². The first kappa shape index (κ1) is 16.4. The number of carbonyl (C=O) groups is 2. The fraction of sp³-hybridized carbons (Fsp3) is 0.600. The molecule has 3 aliphatic rings. The first-order valence-corrected chi connectivity index (χ1v) is 9.59. The zero-order valence-corrected chi connectivity index (χ0v) is 14.7. The molecule has 0 atom stereocenters. The first-order valence-electron chi connectivity index (χ1n) is 9.59. The molecule has 1 heterocycles. The Morgan fingerprint density at radius 3 is 2.40 bits per heavy atom. The summed E-state index contributed by atoms with van der Waals surface area (Å²) in [6, 6.07) is 8.39. The van der Waals surface area contributed by atoms with E-state index in [0.29, 0.717) is 37.4 Å². The van der Waals surface area contributed by atoms with E-state index in [1.54, 1.807) is 0 Å². The number of likely N-dealkylation sites (tertiary alicyclic amines) is 1. The van der Waals surface area contributed by atoms with Gasteiger partial charge in [0.1, 0.15) is 0 Å². The second kappa shape index (κ2) is 7.06. The van der Waals surface area contributed by atoms with Crippen molar-refractivity contribution in [3.63, 3.8) is 0 Å². The summed E-state index contributed by atoms with van der Waals surface area (Å²) in [7, 11) is 0. The molecule has 5 heteroatoms. The molecule has 2 N–H and O–H groups in total. The zero-order valence-electron chi connectivity index (χ0n) is 14.7. The number of nitrogens with one attached hydrogen (secondary N) is 2. The van der Waals surface area contributed by atoms with Crippen LogP contribution in [0, 0.1) is 11.8 Å². The molecule has 2 aliphatic carbocycles. The summed E-state index contributed by atoms with van der Waals surface area (Å²) in [5.74, 6) is 1.63. The summed E-state index contributed by atoms with van der Waals surface area (Å²) in [6.45, 7) is 1.99. The summed E-state index contributed by atoms with van der Waals surface area (Å²) in [6.07, 6.45) is 6.64. The second-order valence-corrected chi connectivity index (χ2v) is 7.72. The van der Waals surface area contributed by atoms with Gasteiger partial charge in [-0.25, -0.2) is 4.79 Å². The van der Waals surface area contributed by atoms with Gasteiger partial charge in [-0.2, -0.15) is 0 Å². The van der Waals surface area contributed by atoms with Crippen molar-refractivity contribution in [2.45, 2.75) is 57.7 Å². The minimum Gasteiger partial charge on any atom is -0.338 e. The fourth-order valence-electron chi connectivity index (χ4n) is 3.87. The Morgan fingerprint density at radius 2 is 1.80 bits per heavy atom. The average molecular weight is 341 g/mol. The van der Waals surface area contributed by atoms with Crippen LogP contribution in [0.2, 0.25) is 0 Å². The van der Waals surface area contributed by atoms with Crippen LogP contribution in [0.15, 0.2) is 24.3 Å². The quantitative estimate of drug-likeness (QED) is 0.801. The van der Waals surface area contributed by atoms with Crippen molar-refractivity contribution < 1.29 is 9.59 Å². The van der Waals surface area contributed by atoms with Crippen LogP contribution in [-0.2, 0) is 17.9 Å². The van der Waals surface area contributed by atoms with Gasteiger partial charge in [-0.15, -0.1) is 0 Å². The maximum Gasteiger partial charge on any atom is 0.315 e. The van der Waals surface area contributed by atoms with Gasteiger partial charge in [0.15, 0.2) is 0 Å². The van der Waals surface area contributed by atoms with Gasteiger partial charge in [-0.05, 0) is 55.1 Å². The van der Waals surface area contributed by atoms with Crippen LogP contribution in [0.5, 0.6) is 0 Å². The highest BCUT2D eigenvalue weighted by Gasteiger charge is 2.42. The van der Waals surface area contributed by atoms with E-state index in [1.807, 2.05) is 23.1 Å². The molecular formula is C20H27N3O2. The van der Waals surface area contributed by atoms with Crippen LogP contribution in [0.25, 0.3) is 0 Å². The van der Waals surface area contributed by atoms with Crippen molar-refractivity contribution >= 4 is 11.9 Å². The van der Waals surface area contributed by atoms with Crippen molar-refractivity contribution in [3.8, 4) is 0 Å². The van der Waals surface area contributed by atoms with Crippen molar-refractivity contribution in [2.75, 3.05) is 6.54 Å². The highest BCUT2D eigenvalue weighted by atomic mass is 16.2. The lowest BCUT2D eigenvalue weighted by atomic mass is 10.1. The molecule has 3 amide bonds. The van der Waals surface area contributed by atoms with Crippen molar-refractivity contribution in [1.29, 1.82) is 0 Å². The average Bonchev–Trinajstić information content (AvgIpc) is 3.53. The SMILES string of the molecule is O=C(NCc1ccccc1CN1CCCC1=O)NC(C1CC1)C1CC1. The van der Waals surface area contributed by atoms with Gasteiger partial charge in [0.2, 0.25) is 5.91 Å². The lowest BCUT2D eigenvalue weighted by Crippen LogP contribution is -2.44. The van der Waals surface area contributed by atoms with Gasteiger partial charge in [0, 0.05) is 32.1 Å². The van der Waals surface area contributed by atoms with Crippen LogP contribution >= 0.6 is 0 Å². The maximum absolute atomic E-state index is 12.3. The topological polar surface area (TPSA) is 61.4 Å². The third-order valence-corrected chi connectivity index (χ3v) is 5.65. The highest BCUT2D eigenvalue weighted by molar-refractivity contribution is 5.78. The largest absolute Gasteiger partial charge is 0.338 e. The fourth-order valence-corrected chi connectivity index (χ4v) is 3.87. The van der Waals surface area contributed by atoms with Crippen LogP contribution in [0.4, 0.5) is 4.79 Å². The molecule has 0 bridgehead atoms. The minimum atomic E-state index is -0.0594. The predicted octanol–water partition coefficient (Wildman–Crippen LogP) is 2.80. The van der Waals surface area contributed by atoms with E-state index in [-0.39, 0.29) is 11.9 Å². The van der Waals surface area contributed by atoms with Crippen molar-refractivity contribution in [1.82, 2.24) is 15.5 Å². The van der Waals surface area contributed by atoms with E-state index in [2.05, 4.69) is 16.7 Å². The van der Waals surface area contributed by atoms with Crippen LogP contribution in [0.3, 0.4) is 0 Å². The van der Waals surface area contributed by atoms with Crippen molar-refractivity contribution in [2.24, 2.45) is 11.8 Å². The molecular weight excluding hydrogens is 314 g/mol. The number of hydrogen-bond acceptors (Lipinski definition) is 2. The van der Waals surface area contributed by atoms with E-state index in [1.165, 1.54) is 25.7 Å². The normalized spacial score (nSPS) is 20.2. The van der Waals surface area contributed by atoms with Crippen LogP contribution in [-0.4, -0.2) is 29.4 Å². The van der Waals surface area contributed by atoms with Crippen LogP contribution < -0.4 is 10.6 Å². The smallest absolute Gasteiger partial charge is 0.315 e. The Labute approximate surface area is 149 Å². The Hall–Kier alpha value is -2.04. The molecule has 2 saturated carbocycles. The highest BCUT2D eigenvalue weighted by Crippen LogP contribution is 2.44. The number of urea groups is 1. The third-order valence-electron chi connectivity index (χ3n) is 5.65. The molecule has 25 heavy (non-hydrogen) atoms. The molecule has 5 nitrogen and oxygen atoms in total. The van der Waals surface area contributed by atoms with E-state index in [0.717, 1.165) is 24.1 Å². The maximum atomic E-state index is 12.3. The lowest BCUT2D eigenvalue weighted by molar-refractivity contribution is -0.128. The minimum absolute atomic E-state index is 0.0594. The standard InChI is InChI=1S/C20H27N3O2/c24-18-6-3-11-23(18)13-17-5-2-1-4-16(17)12-21-20(25)22-19(14-7-8-14)15-9-10-15/h1-2,4-5,14-15,19H,3,6-13H2,(H2,21,22,25). The molecule has 4 rings (SSSR count).